The number of benzene rings is 1. The van der Waals surface area contributed by atoms with E-state index in [4.69, 9.17) is 5.11 Å². The summed E-state index contributed by atoms with van der Waals surface area (Å²) >= 11 is 0. The minimum atomic E-state index is -3.73. The second-order valence-corrected chi connectivity index (χ2v) is 5.97. The van der Waals surface area contributed by atoms with Crippen molar-refractivity contribution in [3.05, 3.63) is 35.4 Å². The lowest BCUT2D eigenvalue weighted by Gasteiger charge is -2.15. The van der Waals surface area contributed by atoms with Gasteiger partial charge in [-0.2, -0.15) is 0 Å². The van der Waals surface area contributed by atoms with Gasteiger partial charge in [0.1, 0.15) is 0 Å². The number of aliphatic carboxylic acids is 1. The summed E-state index contributed by atoms with van der Waals surface area (Å²) in [5, 5.41) is 8.49. The van der Waals surface area contributed by atoms with Crippen molar-refractivity contribution < 1.29 is 18.3 Å². The van der Waals surface area contributed by atoms with Gasteiger partial charge in [-0.3, -0.25) is 4.79 Å². The molecule has 17 heavy (non-hydrogen) atoms. The first-order chi connectivity index (χ1) is 7.81. The molecule has 0 unspecified atom stereocenters. The van der Waals surface area contributed by atoms with Crippen molar-refractivity contribution in [1.82, 2.24) is 4.31 Å². The number of carboxylic acid groups (broad SMARTS) is 1. The maximum absolute atomic E-state index is 11.6. The van der Waals surface area contributed by atoms with E-state index in [2.05, 4.69) is 0 Å². The molecule has 6 heteroatoms. The largest absolute Gasteiger partial charge is 0.480 e. The highest BCUT2D eigenvalue weighted by Gasteiger charge is 2.21. The van der Waals surface area contributed by atoms with Crippen molar-refractivity contribution in [2.45, 2.75) is 13.5 Å². The average molecular weight is 257 g/mol. The van der Waals surface area contributed by atoms with Crippen molar-refractivity contribution in [2.24, 2.45) is 0 Å². The minimum absolute atomic E-state index is 0.176. The summed E-state index contributed by atoms with van der Waals surface area (Å²) in [5.41, 5.74) is 1.91. The van der Waals surface area contributed by atoms with Gasteiger partial charge >= 0.3 is 5.97 Å². The second kappa shape index (κ2) is 5.29. The van der Waals surface area contributed by atoms with Gasteiger partial charge in [-0.25, -0.2) is 12.7 Å². The van der Waals surface area contributed by atoms with E-state index in [9.17, 15) is 13.2 Å². The van der Waals surface area contributed by atoms with E-state index >= 15 is 0 Å². The fourth-order valence-corrected chi connectivity index (χ4v) is 2.19. The molecule has 0 atom stereocenters. The molecule has 0 aliphatic carbocycles. The number of aryl methyl sites for hydroxylation is 1. The van der Waals surface area contributed by atoms with Gasteiger partial charge in [0.05, 0.1) is 0 Å². The predicted molar refractivity (Wildman–Crippen MR) is 64.1 cm³/mol. The van der Waals surface area contributed by atoms with E-state index in [1.807, 2.05) is 31.2 Å². The molecule has 1 N–H and O–H groups in total. The molecule has 1 aromatic carbocycles. The van der Waals surface area contributed by atoms with E-state index in [1.54, 1.807) is 0 Å². The maximum atomic E-state index is 11.6. The molecule has 0 bridgehead atoms. The molecule has 0 fully saturated rings. The van der Waals surface area contributed by atoms with Gasteiger partial charge in [0.15, 0.2) is 5.75 Å². The van der Waals surface area contributed by atoms with Crippen LogP contribution in [0, 0.1) is 6.92 Å². The third-order valence-corrected chi connectivity index (χ3v) is 4.00. The van der Waals surface area contributed by atoms with Gasteiger partial charge in [0, 0.05) is 13.6 Å². The Hall–Kier alpha value is -1.40. The molecular weight excluding hydrogens is 242 g/mol. The first kappa shape index (κ1) is 13.7. The third-order valence-electron chi connectivity index (χ3n) is 2.31. The van der Waals surface area contributed by atoms with Crippen LogP contribution in [0.4, 0.5) is 0 Å². The number of hydrogen-bond acceptors (Lipinski definition) is 3. The average Bonchev–Trinajstić information content (AvgIpc) is 2.19. The summed E-state index contributed by atoms with van der Waals surface area (Å²) in [6.45, 7) is 2.12. The monoisotopic (exact) mass is 257 g/mol. The summed E-state index contributed by atoms with van der Waals surface area (Å²) in [7, 11) is -2.36. The van der Waals surface area contributed by atoms with Crippen molar-refractivity contribution >= 4 is 16.0 Å². The summed E-state index contributed by atoms with van der Waals surface area (Å²) < 4.78 is 24.2. The quantitative estimate of drug-likeness (QED) is 0.848. The normalized spacial score (nSPS) is 11.7. The van der Waals surface area contributed by atoms with Gasteiger partial charge in [0.2, 0.25) is 10.0 Å². The summed E-state index contributed by atoms with van der Waals surface area (Å²) in [6, 6.07) is 7.41. The molecule has 0 heterocycles. The molecule has 0 aliphatic rings. The van der Waals surface area contributed by atoms with Gasteiger partial charge in [0.25, 0.3) is 0 Å². The van der Waals surface area contributed by atoms with Crippen molar-refractivity contribution in [2.75, 3.05) is 12.8 Å². The van der Waals surface area contributed by atoms with Gasteiger partial charge in [-0.05, 0) is 12.5 Å². The fourth-order valence-electron chi connectivity index (χ4n) is 1.32. The molecule has 0 aromatic heterocycles. The predicted octanol–water partition coefficient (Wildman–Crippen LogP) is 0.841. The van der Waals surface area contributed by atoms with Crippen LogP contribution in [-0.4, -0.2) is 36.6 Å². The zero-order valence-corrected chi connectivity index (χ0v) is 10.6. The number of nitrogens with zero attached hydrogens (tertiary/aromatic N) is 1. The van der Waals surface area contributed by atoms with E-state index in [1.165, 1.54) is 7.05 Å². The molecule has 0 amide bonds. The van der Waals surface area contributed by atoms with Crippen LogP contribution in [0.25, 0.3) is 0 Å². The topological polar surface area (TPSA) is 74.7 Å². The van der Waals surface area contributed by atoms with Crippen LogP contribution < -0.4 is 0 Å². The Labute approximate surface area is 101 Å². The van der Waals surface area contributed by atoms with E-state index in [0.717, 1.165) is 15.4 Å². The van der Waals surface area contributed by atoms with Crippen LogP contribution >= 0.6 is 0 Å². The van der Waals surface area contributed by atoms with Crippen LogP contribution in [-0.2, 0) is 21.4 Å². The molecule has 5 nitrogen and oxygen atoms in total. The highest BCUT2D eigenvalue weighted by molar-refractivity contribution is 7.89. The molecule has 94 valence electrons. The Morgan fingerprint density at radius 3 is 2.29 bits per heavy atom. The molecule has 1 rings (SSSR count). The number of rotatable bonds is 5. The highest BCUT2D eigenvalue weighted by atomic mass is 32.2. The Kier molecular flexibility index (Phi) is 4.25. The maximum Gasteiger partial charge on any atom is 0.320 e. The van der Waals surface area contributed by atoms with Crippen LogP contribution in [0.1, 0.15) is 11.1 Å². The lowest BCUT2D eigenvalue weighted by atomic mass is 10.1. The summed E-state index contributed by atoms with van der Waals surface area (Å²) in [4.78, 5) is 10.4. The molecule has 0 radical (unpaired) electrons. The number of sulfonamides is 1. The van der Waals surface area contributed by atoms with Crippen molar-refractivity contribution in [3.63, 3.8) is 0 Å². The molecule has 0 aliphatic heterocycles. The third kappa shape index (κ3) is 4.16. The summed E-state index contributed by atoms with van der Waals surface area (Å²) in [6.07, 6.45) is 0. The van der Waals surface area contributed by atoms with E-state index < -0.39 is 21.7 Å². The SMILES string of the molecule is Cc1ccc(CN(C)S(=O)(=O)CC(=O)O)cc1. The summed E-state index contributed by atoms with van der Waals surface area (Å²) in [5.74, 6) is -2.23. The highest BCUT2D eigenvalue weighted by Crippen LogP contribution is 2.09. The second-order valence-electron chi connectivity index (χ2n) is 3.89. The minimum Gasteiger partial charge on any atom is -0.480 e. The molecule has 0 saturated carbocycles. The van der Waals surface area contributed by atoms with Crippen LogP contribution in [0.2, 0.25) is 0 Å². The standard InChI is InChI=1S/C11H15NO4S/c1-9-3-5-10(6-4-9)7-12(2)17(15,16)8-11(13)14/h3-6H,7-8H2,1-2H3,(H,13,14). The van der Waals surface area contributed by atoms with Gasteiger partial charge in [-0.1, -0.05) is 29.8 Å². The van der Waals surface area contributed by atoms with Crippen LogP contribution in [0.15, 0.2) is 24.3 Å². The Morgan fingerprint density at radius 2 is 1.82 bits per heavy atom. The Morgan fingerprint density at radius 1 is 1.29 bits per heavy atom. The fraction of sp³-hybridized carbons (Fsp3) is 0.364. The zero-order valence-electron chi connectivity index (χ0n) is 9.75. The molecule has 1 aromatic rings. The Balaban J connectivity index is 2.75. The first-order valence-electron chi connectivity index (χ1n) is 5.02. The molecule has 0 saturated heterocycles. The number of carbonyl (C=O) groups is 1. The Bertz CT molecular complexity index is 493. The van der Waals surface area contributed by atoms with Crippen molar-refractivity contribution in [1.29, 1.82) is 0 Å². The van der Waals surface area contributed by atoms with Gasteiger partial charge < -0.3 is 5.11 Å². The molecule has 0 spiro atoms. The molecular formula is C11H15NO4S. The van der Waals surface area contributed by atoms with E-state index in [-0.39, 0.29) is 6.54 Å². The van der Waals surface area contributed by atoms with Crippen LogP contribution in [0.5, 0.6) is 0 Å². The first-order valence-corrected chi connectivity index (χ1v) is 6.63. The van der Waals surface area contributed by atoms with Crippen molar-refractivity contribution in [3.8, 4) is 0 Å². The zero-order chi connectivity index (χ0) is 13.1. The number of carboxylic acids is 1. The van der Waals surface area contributed by atoms with Crippen LogP contribution in [0.3, 0.4) is 0 Å². The number of hydrogen-bond donors (Lipinski definition) is 1. The lowest BCUT2D eigenvalue weighted by molar-refractivity contribution is -0.134. The lowest BCUT2D eigenvalue weighted by Crippen LogP contribution is -2.31. The smallest absolute Gasteiger partial charge is 0.320 e. The van der Waals surface area contributed by atoms with E-state index in [0.29, 0.717) is 0 Å². The van der Waals surface area contributed by atoms with Gasteiger partial charge in [-0.15, -0.1) is 0 Å².